The van der Waals surface area contributed by atoms with E-state index in [0.29, 0.717) is 0 Å². The van der Waals surface area contributed by atoms with E-state index < -0.39 is 17.4 Å². The Balaban J connectivity index is 0.000000907. The highest BCUT2D eigenvalue weighted by atomic mass is 32.2. The quantitative estimate of drug-likeness (QED) is 0.0417. The van der Waals surface area contributed by atoms with Gasteiger partial charge in [-0.15, -0.1) is 0 Å². The summed E-state index contributed by atoms with van der Waals surface area (Å²) in [6, 6.07) is 8.33. The van der Waals surface area contributed by atoms with E-state index in [1.54, 1.807) is 55.0 Å². The van der Waals surface area contributed by atoms with Gasteiger partial charge in [-0.2, -0.15) is 8.42 Å². The maximum atomic E-state index is 11.9. The minimum absolute atomic E-state index is 0.238. The van der Waals surface area contributed by atoms with Crippen LogP contribution in [0.25, 0.3) is 0 Å². The molecule has 0 atom stereocenters. The Bertz CT molecular complexity index is 804. The van der Waals surface area contributed by atoms with Crippen molar-refractivity contribution in [3.05, 3.63) is 30.3 Å². The van der Waals surface area contributed by atoms with Gasteiger partial charge in [-0.1, -0.05) is 162 Å². The normalized spacial score (nSPS) is 11.9. The van der Waals surface area contributed by atoms with E-state index in [1.165, 1.54) is 154 Å². The topological polar surface area (TPSA) is 43.4 Å². The van der Waals surface area contributed by atoms with Crippen molar-refractivity contribution in [1.29, 1.82) is 0 Å². The van der Waals surface area contributed by atoms with E-state index >= 15 is 0 Å². The molecule has 0 unspecified atom stereocenters. The first-order valence-corrected chi connectivity index (χ1v) is 24.6. The van der Waals surface area contributed by atoms with Crippen molar-refractivity contribution >= 4 is 17.4 Å². The second kappa shape index (κ2) is 34.0. The molecule has 0 aliphatic carbocycles. The Hall–Kier alpha value is -0.440. The van der Waals surface area contributed by atoms with E-state index in [2.05, 4.69) is 34.6 Å². The molecule has 0 bridgehead atoms. The molecule has 1 aromatic carbocycles. The molecule has 0 fully saturated rings. The van der Waals surface area contributed by atoms with Gasteiger partial charge in [-0.3, -0.25) is 4.18 Å². The maximum Gasteiger partial charge on any atom is 0.296 e. The van der Waals surface area contributed by atoms with Gasteiger partial charge in [0, 0.05) is 7.26 Å². The first-order valence-electron chi connectivity index (χ1n) is 20.7. The molecule has 0 aliphatic rings. The van der Waals surface area contributed by atoms with Crippen molar-refractivity contribution in [2.75, 3.05) is 31.3 Å². The van der Waals surface area contributed by atoms with E-state index in [1.807, 2.05) is 0 Å². The zero-order chi connectivity index (χ0) is 34.7. The number of hydrogen-bond donors (Lipinski definition) is 0. The smallest absolute Gasteiger partial charge is 0.266 e. The first kappa shape index (κ1) is 46.6. The van der Waals surface area contributed by atoms with Gasteiger partial charge in [-0.05, 0) is 69.9 Å². The summed E-state index contributed by atoms with van der Waals surface area (Å²) in [5.41, 5.74) is 0. The van der Waals surface area contributed by atoms with Gasteiger partial charge in [0.15, 0.2) is 0 Å². The molecular formula is C42H82O3PS+. The number of rotatable bonds is 33. The minimum Gasteiger partial charge on any atom is -0.266 e. The maximum absolute atomic E-state index is 11.9. The van der Waals surface area contributed by atoms with Crippen LogP contribution in [0.4, 0.5) is 0 Å². The van der Waals surface area contributed by atoms with Gasteiger partial charge in [0.05, 0.1) is 36.2 Å². The van der Waals surface area contributed by atoms with Gasteiger partial charge in [0.2, 0.25) is 0 Å². The first-order chi connectivity index (χ1) is 22.9. The third kappa shape index (κ3) is 28.0. The van der Waals surface area contributed by atoms with Gasteiger partial charge >= 0.3 is 0 Å². The van der Waals surface area contributed by atoms with E-state index in [4.69, 9.17) is 4.18 Å². The number of benzene rings is 1. The molecule has 0 N–H and O–H groups in total. The highest BCUT2D eigenvalue weighted by Gasteiger charge is 2.34. The van der Waals surface area contributed by atoms with E-state index in [0.717, 1.165) is 12.8 Å². The van der Waals surface area contributed by atoms with E-state index in [9.17, 15) is 8.42 Å². The van der Waals surface area contributed by atoms with Gasteiger partial charge in [0.25, 0.3) is 10.1 Å². The predicted octanol–water partition coefficient (Wildman–Crippen LogP) is 14.6. The second-order valence-electron chi connectivity index (χ2n) is 14.2. The lowest BCUT2D eigenvalue weighted by Gasteiger charge is -2.28. The molecule has 0 aromatic heterocycles. The van der Waals surface area contributed by atoms with Crippen molar-refractivity contribution in [3.8, 4) is 0 Å². The zero-order valence-corrected chi connectivity index (χ0v) is 34.1. The molecule has 0 heterocycles. The summed E-state index contributed by atoms with van der Waals surface area (Å²) in [6.45, 7) is 11.9. The molecule has 5 heteroatoms. The largest absolute Gasteiger partial charge is 0.296 e. The number of unbranched alkanes of at least 4 members (excludes halogenated alkanes) is 21. The summed E-state index contributed by atoms with van der Waals surface area (Å²) in [7, 11) is -4.23. The molecule has 1 rings (SSSR count). The van der Waals surface area contributed by atoms with Crippen LogP contribution in [0.1, 0.15) is 202 Å². The minimum atomic E-state index is -3.57. The molecule has 0 radical (unpaired) electrons. The molecule has 0 amide bonds. The summed E-state index contributed by atoms with van der Waals surface area (Å²) in [5, 5.41) is 0. The summed E-state index contributed by atoms with van der Waals surface area (Å²) in [6.07, 6.45) is 42.3. The fraction of sp³-hybridized carbons (Fsp3) is 0.857. The fourth-order valence-corrected chi connectivity index (χ4v) is 12.5. The molecule has 0 aliphatic heterocycles. The standard InChI is InChI=1S/C24H52P.C18H30O3S/c1-5-9-13-17-21-25(22-18-14-10-6-2,23-19-15-11-7-3)24-20-16-12-8-4;1-2-3-4-5-6-7-8-9-10-14-17-21-22(19,20)18-15-12-11-13-16-18/h5-24H2,1-4H3;11-13,15-16H,2-10,14,17H2,1H3/q+1;. The van der Waals surface area contributed by atoms with Crippen molar-refractivity contribution in [2.45, 2.75) is 206 Å². The Morgan fingerprint density at radius 1 is 0.426 bits per heavy atom. The van der Waals surface area contributed by atoms with Crippen LogP contribution < -0.4 is 0 Å². The highest BCUT2D eigenvalue weighted by Crippen LogP contribution is 2.61. The summed E-state index contributed by atoms with van der Waals surface area (Å²) in [4.78, 5) is 0.238. The molecule has 47 heavy (non-hydrogen) atoms. The molecule has 1 aromatic rings. The lowest BCUT2D eigenvalue weighted by molar-refractivity contribution is 0.306. The second-order valence-corrected chi connectivity index (χ2v) is 20.3. The molecule has 278 valence electrons. The third-order valence-corrected chi connectivity index (χ3v) is 16.1. The zero-order valence-electron chi connectivity index (χ0n) is 32.4. The Morgan fingerprint density at radius 2 is 0.723 bits per heavy atom. The third-order valence-electron chi connectivity index (χ3n) is 9.71. The van der Waals surface area contributed by atoms with E-state index in [-0.39, 0.29) is 11.5 Å². The lowest BCUT2D eigenvalue weighted by Crippen LogP contribution is -2.13. The monoisotopic (exact) mass is 698 g/mol. The van der Waals surface area contributed by atoms with Crippen LogP contribution in [0.5, 0.6) is 0 Å². The Labute approximate surface area is 297 Å². The van der Waals surface area contributed by atoms with Crippen LogP contribution >= 0.6 is 7.26 Å². The van der Waals surface area contributed by atoms with Crippen molar-refractivity contribution in [2.24, 2.45) is 0 Å². The number of hydrogen-bond acceptors (Lipinski definition) is 3. The van der Waals surface area contributed by atoms with Crippen LogP contribution in [-0.2, 0) is 14.3 Å². The van der Waals surface area contributed by atoms with Crippen molar-refractivity contribution in [3.63, 3.8) is 0 Å². The Morgan fingerprint density at radius 3 is 1.06 bits per heavy atom. The molecular weight excluding hydrogens is 616 g/mol. The predicted molar refractivity (Wildman–Crippen MR) is 214 cm³/mol. The van der Waals surface area contributed by atoms with Crippen LogP contribution in [0, 0.1) is 0 Å². The molecule has 3 nitrogen and oxygen atoms in total. The summed E-state index contributed by atoms with van der Waals surface area (Å²) >= 11 is 0. The van der Waals surface area contributed by atoms with Crippen molar-refractivity contribution < 1.29 is 12.6 Å². The molecule has 0 saturated carbocycles. The molecule has 0 saturated heterocycles. The van der Waals surface area contributed by atoms with Crippen LogP contribution in [0.2, 0.25) is 0 Å². The van der Waals surface area contributed by atoms with Gasteiger partial charge in [-0.25, -0.2) is 0 Å². The lowest BCUT2D eigenvalue weighted by atomic mass is 10.1. The van der Waals surface area contributed by atoms with Crippen molar-refractivity contribution in [1.82, 2.24) is 0 Å². The molecule has 0 spiro atoms. The average Bonchev–Trinajstić information content (AvgIpc) is 3.08. The summed E-state index contributed by atoms with van der Waals surface area (Å²) in [5.74, 6) is 0. The SMILES string of the molecule is CCCCCCCCCCCCOS(=O)(=O)c1ccccc1.CCCCCC[P+](CCCCCC)(CCCCCC)CCCCCC. The van der Waals surface area contributed by atoms with Crippen LogP contribution in [-0.4, -0.2) is 39.7 Å². The fourth-order valence-electron chi connectivity index (χ4n) is 6.58. The van der Waals surface area contributed by atoms with Crippen LogP contribution in [0.3, 0.4) is 0 Å². The summed E-state index contributed by atoms with van der Waals surface area (Å²) < 4.78 is 28.8. The Kier molecular flexibility index (Phi) is 33.7. The van der Waals surface area contributed by atoms with Gasteiger partial charge in [0.1, 0.15) is 0 Å². The highest BCUT2D eigenvalue weighted by molar-refractivity contribution is 7.86. The average molecular weight is 698 g/mol. The van der Waals surface area contributed by atoms with Crippen LogP contribution in [0.15, 0.2) is 35.2 Å². The van der Waals surface area contributed by atoms with Gasteiger partial charge < -0.3 is 0 Å².